The number of methoxy groups -OCH3 is 1. The third-order valence-electron chi connectivity index (χ3n) is 4.11. The third-order valence-corrected chi connectivity index (χ3v) is 5.14. The van der Waals surface area contributed by atoms with Crippen LogP contribution in [0.5, 0.6) is 5.75 Å². The van der Waals surface area contributed by atoms with Crippen molar-refractivity contribution in [2.45, 2.75) is 5.16 Å². The predicted molar refractivity (Wildman–Crippen MR) is 119 cm³/mol. The third kappa shape index (κ3) is 6.57. The molecule has 0 saturated carbocycles. The SMILES string of the molecule is COC(=O)COc1ccc(NC(=O)c2cccc(NC(=O)CSc3nncn3C)c2)cc1. The van der Waals surface area contributed by atoms with Crippen molar-refractivity contribution in [1.82, 2.24) is 14.8 Å². The van der Waals surface area contributed by atoms with Gasteiger partial charge in [0.2, 0.25) is 5.91 Å². The Bertz CT molecular complexity index is 1100. The summed E-state index contributed by atoms with van der Waals surface area (Å²) in [6.45, 7) is -0.197. The van der Waals surface area contributed by atoms with Gasteiger partial charge >= 0.3 is 5.97 Å². The zero-order chi connectivity index (χ0) is 22.9. The molecule has 0 atom stereocenters. The molecule has 1 heterocycles. The van der Waals surface area contributed by atoms with E-state index in [0.717, 1.165) is 0 Å². The van der Waals surface area contributed by atoms with E-state index in [-0.39, 0.29) is 24.2 Å². The lowest BCUT2D eigenvalue weighted by Gasteiger charge is -2.09. The number of ether oxygens (including phenoxy) is 2. The molecule has 0 radical (unpaired) electrons. The van der Waals surface area contributed by atoms with Crippen LogP contribution in [0.2, 0.25) is 0 Å². The molecular formula is C21H21N5O5S. The summed E-state index contributed by atoms with van der Waals surface area (Å²) < 4.78 is 11.5. The molecule has 11 heteroatoms. The largest absolute Gasteiger partial charge is 0.482 e. The minimum Gasteiger partial charge on any atom is -0.482 e. The molecule has 0 aliphatic heterocycles. The number of esters is 1. The van der Waals surface area contributed by atoms with Crippen LogP contribution in [0.15, 0.2) is 60.0 Å². The number of hydrogen-bond donors (Lipinski definition) is 2. The number of nitrogens with zero attached hydrogens (tertiary/aromatic N) is 3. The Kier molecular flexibility index (Phi) is 7.81. The monoisotopic (exact) mass is 455 g/mol. The number of anilines is 2. The maximum atomic E-state index is 12.6. The average molecular weight is 455 g/mol. The first-order chi connectivity index (χ1) is 15.4. The first-order valence-electron chi connectivity index (χ1n) is 9.42. The van der Waals surface area contributed by atoms with Crippen LogP contribution in [-0.2, 0) is 21.4 Å². The van der Waals surface area contributed by atoms with Crippen LogP contribution in [0.3, 0.4) is 0 Å². The molecule has 166 valence electrons. The van der Waals surface area contributed by atoms with Gasteiger partial charge in [-0.05, 0) is 42.5 Å². The summed E-state index contributed by atoms with van der Waals surface area (Å²) in [5, 5.41) is 13.8. The Morgan fingerprint density at radius 2 is 1.84 bits per heavy atom. The first-order valence-corrected chi connectivity index (χ1v) is 10.4. The van der Waals surface area contributed by atoms with Crippen molar-refractivity contribution in [3.8, 4) is 5.75 Å². The van der Waals surface area contributed by atoms with E-state index >= 15 is 0 Å². The van der Waals surface area contributed by atoms with Crippen molar-refractivity contribution < 1.29 is 23.9 Å². The van der Waals surface area contributed by atoms with Gasteiger partial charge in [-0.25, -0.2) is 4.79 Å². The van der Waals surface area contributed by atoms with Crippen LogP contribution in [0.1, 0.15) is 10.4 Å². The average Bonchev–Trinajstić information content (AvgIpc) is 3.21. The fourth-order valence-corrected chi connectivity index (χ4v) is 3.20. The summed E-state index contributed by atoms with van der Waals surface area (Å²) in [5.74, 6) is -0.414. The van der Waals surface area contributed by atoms with Gasteiger partial charge in [0.05, 0.1) is 12.9 Å². The molecule has 2 amide bonds. The fraction of sp³-hybridized carbons (Fsp3) is 0.190. The number of carbonyl (C=O) groups is 3. The van der Waals surface area contributed by atoms with Crippen LogP contribution in [0.4, 0.5) is 11.4 Å². The second-order valence-corrected chi connectivity index (χ2v) is 7.43. The summed E-state index contributed by atoms with van der Waals surface area (Å²) in [7, 11) is 3.08. The Labute approximate surface area is 188 Å². The van der Waals surface area contributed by atoms with Crippen LogP contribution in [0, 0.1) is 0 Å². The lowest BCUT2D eigenvalue weighted by molar-refractivity contribution is -0.142. The number of aryl methyl sites for hydroxylation is 1. The van der Waals surface area contributed by atoms with Gasteiger partial charge in [-0.3, -0.25) is 9.59 Å². The fourth-order valence-electron chi connectivity index (χ4n) is 2.51. The Morgan fingerprint density at radius 3 is 2.53 bits per heavy atom. The number of thioether (sulfide) groups is 1. The van der Waals surface area contributed by atoms with Gasteiger partial charge in [0.15, 0.2) is 11.8 Å². The Morgan fingerprint density at radius 1 is 1.06 bits per heavy atom. The molecule has 2 aromatic carbocycles. The van der Waals surface area contributed by atoms with Crippen molar-refractivity contribution in [3.63, 3.8) is 0 Å². The zero-order valence-electron chi connectivity index (χ0n) is 17.4. The van der Waals surface area contributed by atoms with Crippen molar-refractivity contribution in [2.24, 2.45) is 7.05 Å². The van der Waals surface area contributed by atoms with Crippen molar-refractivity contribution in [2.75, 3.05) is 30.1 Å². The number of amides is 2. The molecule has 0 spiro atoms. The van der Waals surface area contributed by atoms with E-state index in [1.54, 1.807) is 66.5 Å². The minimum absolute atomic E-state index is 0.160. The highest BCUT2D eigenvalue weighted by atomic mass is 32.2. The zero-order valence-corrected chi connectivity index (χ0v) is 18.2. The van der Waals surface area contributed by atoms with Gasteiger partial charge in [0.25, 0.3) is 5.91 Å². The van der Waals surface area contributed by atoms with E-state index in [1.807, 2.05) is 0 Å². The lowest BCUT2D eigenvalue weighted by Crippen LogP contribution is -2.16. The van der Waals surface area contributed by atoms with Crippen LogP contribution >= 0.6 is 11.8 Å². The van der Waals surface area contributed by atoms with E-state index in [9.17, 15) is 14.4 Å². The lowest BCUT2D eigenvalue weighted by atomic mass is 10.2. The van der Waals surface area contributed by atoms with Crippen LogP contribution in [-0.4, -0.2) is 52.0 Å². The highest BCUT2D eigenvalue weighted by Gasteiger charge is 2.11. The topological polar surface area (TPSA) is 124 Å². The second kappa shape index (κ2) is 11.0. The van der Waals surface area contributed by atoms with Crippen LogP contribution in [0.25, 0.3) is 0 Å². The molecule has 3 rings (SSSR count). The molecule has 0 saturated heterocycles. The number of benzene rings is 2. The van der Waals surface area contributed by atoms with Crippen molar-refractivity contribution in [3.05, 3.63) is 60.4 Å². The highest BCUT2D eigenvalue weighted by Crippen LogP contribution is 2.18. The molecule has 3 aromatic rings. The predicted octanol–water partition coefficient (Wildman–Crippen LogP) is 2.35. The molecule has 0 aliphatic rings. The van der Waals surface area contributed by atoms with E-state index in [4.69, 9.17) is 4.74 Å². The van der Waals surface area contributed by atoms with E-state index < -0.39 is 5.97 Å². The van der Waals surface area contributed by atoms with Crippen LogP contribution < -0.4 is 15.4 Å². The first kappa shape index (κ1) is 22.8. The molecular weight excluding hydrogens is 434 g/mol. The van der Waals surface area contributed by atoms with Gasteiger partial charge in [0.1, 0.15) is 12.1 Å². The smallest absolute Gasteiger partial charge is 0.343 e. The number of aromatic nitrogens is 3. The Balaban J connectivity index is 1.53. The number of carbonyl (C=O) groups excluding carboxylic acids is 3. The summed E-state index contributed by atoms with van der Waals surface area (Å²) in [6.07, 6.45) is 1.56. The maximum absolute atomic E-state index is 12.6. The second-order valence-electron chi connectivity index (χ2n) is 6.49. The van der Waals surface area contributed by atoms with E-state index in [1.165, 1.54) is 18.9 Å². The molecule has 0 bridgehead atoms. The van der Waals surface area contributed by atoms with E-state index in [2.05, 4.69) is 25.6 Å². The molecule has 1 aromatic heterocycles. The highest BCUT2D eigenvalue weighted by molar-refractivity contribution is 7.99. The molecule has 10 nitrogen and oxygen atoms in total. The number of rotatable bonds is 9. The maximum Gasteiger partial charge on any atom is 0.343 e. The quantitative estimate of drug-likeness (QED) is 0.372. The summed E-state index contributed by atoms with van der Waals surface area (Å²) in [5.41, 5.74) is 1.44. The summed E-state index contributed by atoms with van der Waals surface area (Å²) in [6, 6.07) is 13.2. The number of nitrogens with one attached hydrogen (secondary N) is 2. The molecule has 2 N–H and O–H groups in total. The van der Waals surface area contributed by atoms with Gasteiger partial charge in [-0.15, -0.1) is 10.2 Å². The van der Waals surface area contributed by atoms with Crippen molar-refractivity contribution >= 4 is 40.9 Å². The molecule has 32 heavy (non-hydrogen) atoms. The number of hydrogen-bond acceptors (Lipinski definition) is 8. The Hall–Kier alpha value is -3.86. The van der Waals surface area contributed by atoms with Gasteiger partial charge in [-0.2, -0.15) is 0 Å². The standard InChI is InChI=1S/C21H21N5O5S/c1-26-13-22-25-21(26)32-12-18(27)23-16-5-3-4-14(10-16)20(29)24-15-6-8-17(9-7-15)31-11-19(28)30-2/h3-10,13H,11-12H2,1-2H3,(H,23,27)(H,24,29). The summed E-state index contributed by atoms with van der Waals surface area (Å²) in [4.78, 5) is 35.9. The summed E-state index contributed by atoms with van der Waals surface area (Å²) >= 11 is 1.26. The normalized spacial score (nSPS) is 10.3. The van der Waals surface area contributed by atoms with Crippen molar-refractivity contribution in [1.29, 1.82) is 0 Å². The molecule has 0 aliphatic carbocycles. The van der Waals surface area contributed by atoms with Gasteiger partial charge in [-0.1, -0.05) is 17.8 Å². The molecule has 0 fully saturated rings. The minimum atomic E-state index is -0.485. The van der Waals surface area contributed by atoms with Gasteiger partial charge < -0.3 is 24.7 Å². The van der Waals surface area contributed by atoms with E-state index in [0.29, 0.717) is 27.8 Å². The molecule has 0 unspecified atom stereocenters. The van der Waals surface area contributed by atoms with Gasteiger partial charge in [0, 0.05) is 24.0 Å².